The minimum atomic E-state index is -0.500. The number of benzene rings is 2. The maximum atomic E-state index is 10.2. The van der Waals surface area contributed by atoms with Crippen molar-refractivity contribution in [3.05, 3.63) is 64.7 Å². The molecule has 2 rings (SSSR count). The molecule has 130 valence electrons. The highest BCUT2D eigenvalue weighted by Crippen LogP contribution is 2.29. The van der Waals surface area contributed by atoms with Gasteiger partial charge in [0.15, 0.2) is 0 Å². The smallest absolute Gasteiger partial charge is 0.125 e. The number of rotatable bonds is 8. The van der Waals surface area contributed by atoms with Crippen molar-refractivity contribution in [2.45, 2.75) is 58.8 Å². The minimum Gasteiger partial charge on any atom is -0.488 e. The zero-order valence-corrected chi connectivity index (χ0v) is 15.0. The normalized spacial score (nSPS) is 13.5. The summed E-state index contributed by atoms with van der Waals surface area (Å²) in [4.78, 5) is 0. The summed E-state index contributed by atoms with van der Waals surface area (Å²) in [6.45, 7) is 6.72. The van der Waals surface area contributed by atoms with Crippen LogP contribution in [-0.4, -0.2) is 11.2 Å². The predicted molar refractivity (Wildman–Crippen MR) is 99.2 cm³/mol. The molecular formula is C21H29NO2. The molecule has 0 unspecified atom stereocenters. The molecule has 24 heavy (non-hydrogen) atoms. The molecular weight excluding hydrogens is 298 g/mol. The van der Waals surface area contributed by atoms with E-state index in [9.17, 15) is 5.11 Å². The second kappa shape index (κ2) is 8.86. The van der Waals surface area contributed by atoms with Crippen molar-refractivity contribution in [2.75, 3.05) is 0 Å². The predicted octanol–water partition coefficient (Wildman–Crippen LogP) is 4.43. The number of hydrogen-bond donors (Lipinski definition) is 2. The van der Waals surface area contributed by atoms with Crippen molar-refractivity contribution < 1.29 is 9.84 Å². The van der Waals surface area contributed by atoms with Crippen molar-refractivity contribution in [3.8, 4) is 5.75 Å². The molecule has 3 nitrogen and oxygen atoms in total. The molecule has 0 bridgehead atoms. The first-order valence-corrected chi connectivity index (χ1v) is 8.74. The fraction of sp³-hybridized carbons (Fsp3) is 0.429. The van der Waals surface area contributed by atoms with Crippen LogP contribution >= 0.6 is 0 Å². The Hall–Kier alpha value is -1.84. The lowest BCUT2D eigenvalue weighted by atomic mass is 9.95. The van der Waals surface area contributed by atoms with E-state index in [1.54, 1.807) is 0 Å². The molecule has 0 saturated heterocycles. The lowest BCUT2D eigenvalue weighted by Crippen LogP contribution is -2.26. The summed E-state index contributed by atoms with van der Waals surface area (Å²) in [7, 11) is 0. The maximum Gasteiger partial charge on any atom is 0.125 e. The van der Waals surface area contributed by atoms with Crippen LogP contribution in [0.1, 0.15) is 54.5 Å². The van der Waals surface area contributed by atoms with Gasteiger partial charge in [-0.05, 0) is 42.5 Å². The maximum absolute atomic E-state index is 10.2. The van der Waals surface area contributed by atoms with Crippen molar-refractivity contribution in [2.24, 2.45) is 5.73 Å². The average Bonchev–Trinajstić information content (AvgIpc) is 2.59. The van der Waals surface area contributed by atoms with Gasteiger partial charge in [0.1, 0.15) is 12.4 Å². The van der Waals surface area contributed by atoms with E-state index in [2.05, 4.69) is 19.1 Å². The van der Waals surface area contributed by atoms with Gasteiger partial charge in [-0.2, -0.15) is 0 Å². The van der Waals surface area contributed by atoms with Gasteiger partial charge in [0, 0.05) is 0 Å². The molecule has 0 spiro atoms. The van der Waals surface area contributed by atoms with Crippen LogP contribution in [0.3, 0.4) is 0 Å². The van der Waals surface area contributed by atoms with E-state index in [1.807, 2.05) is 44.2 Å². The molecule has 0 aliphatic carbocycles. The van der Waals surface area contributed by atoms with E-state index in [-0.39, 0.29) is 6.04 Å². The molecule has 0 aliphatic heterocycles. The van der Waals surface area contributed by atoms with E-state index >= 15 is 0 Å². The Labute approximate surface area is 145 Å². The first kappa shape index (κ1) is 18.5. The highest BCUT2D eigenvalue weighted by atomic mass is 16.5. The molecule has 2 aromatic rings. The Morgan fingerprint density at radius 1 is 1.08 bits per heavy atom. The summed E-state index contributed by atoms with van der Waals surface area (Å²) in [5.41, 5.74) is 10.5. The summed E-state index contributed by atoms with van der Waals surface area (Å²) in [6.07, 6.45) is 2.29. The topological polar surface area (TPSA) is 55.5 Å². The van der Waals surface area contributed by atoms with Crippen molar-refractivity contribution in [1.82, 2.24) is 0 Å². The Balaban J connectivity index is 2.10. The number of nitrogens with two attached hydrogens (primary N) is 1. The summed E-state index contributed by atoms with van der Waals surface area (Å²) in [6, 6.07) is 13.9. The largest absolute Gasteiger partial charge is 0.488 e. The zero-order chi connectivity index (χ0) is 17.5. The van der Waals surface area contributed by atoms with Crippen LogP contribution in [0.4, 0.5) is 0 Å². The van der Waals surface area contributed by atoms with E-state index < -0.39 is 6.10 Å². The molecule has 0 saturated carbocycles. The Morgan fingerprint density at radius 3 is 2.29 bits per heavy atom. The molecule has 2 aromatic carbocycles. The van der Waals surface area contributed by atoms with Crippen LogP contribution in [0.25, 0.3) is 0 Å². The van der Waals surface area contributed by atoms with Gasteiger partial charge < -0.3 is 15.6 Å². The highest BCUT2D eigenvalue weighted by Gasteiger charge is 2.18. The van der Waals surface area contributed by atoms with Crippen LogP contribution in [0.15, 0.2) is 42.5 Å². The van der Waals surface area contributed by atoms with E-state index in [0.29, 0.717) is 6.61 Å². The van der Waals surface area contributed by atoms with Crippen molar-refractivity contribution >= 4 is 0 Å². The first-order chi connectivity index (χ1) is 11.5. The van der Waals surface area contributed by atoms with Gasteiger partial charge in [-0.3, -0.25) is 0 Å². The second-order valence-corrected chi connectivity index (χ2v) is 6.49. The number of aliphatic hydroxyl groups excluding tert-OH is 1. The number of ether oxygens (including phenoxy) is 1. The molecule has 0 amide bonds. The third-order valence-electron chi connectivity index (χ3n) is 4.36. The molecule has 3 N–H and O–H groups in total. The summed E-state index contributed by atoms with van der Waals surface area (Å²) in [5, 5.41) is 10.2. The second-order valence-electron chi connectivity index (χ2n) is 6.49. The van der Waals surface area contributed by atoms with Crippen LogP contribution in [-0.2, 0) is 6.61 Å². The standard InChI is InChI=1S/C21H29NO2/c1-4-5-11-19(23)20(22)18-12-15(2)21(16(3)13-18)24-14-17-9-7-6-8-10-17/h6-10,12-13,19-20,23H,4-5,11,14,22H2,1-3H3/t19-,20+/m1/s1. The average molecular weight is 327 g/mol. The summed E-state index contributed by atoms with van der Waals surface area (Å²) < 4.78 is 6.01. The molecule has 2 atom stereocenters. The Morgan fingerprint density at radius 2 is 1.71 bits per heavy atom. The van der Waals surface area contributed by atoms with Gasteiger partial charge in [-0.15, -0.1) is 0 Å². The van der Waals surface area contributed by atoms with Crippen LogP contribution in [0.5, 0.6) is 5.75 Å². The minimum absolute atomic E-state index is 0.350. The molecule has 0 heterocycles. The highest BCUT2D eigenvalue weighted by molar-refractivity contribution is 5.44. The van der Waals surface area contributed by atoms with Gasteiger partial charge >= 0.3 is 0 Å². The quantitative estimate of drug-likeness (QED) is 0.754. The van der Waals surface area contributed by atoms with Crippen LogP contribution < -0.4 is 10.5 Å². The number of aliphatic hydroxyl groups is 1. The SMILES string of the molecule is CCCC[C@@H](O)[C@@H](N)c1cc(C)c(OCc2ccccc2)c(C)c1. The van der Waals surface area contributed by atoms with Gasteiger partial charge in [0.05, 0.1) is 12.1 Å². The zero-order valence-electron chi connectivity index (χ0n) is 15.0. The lowest BCUT2D eigenvalue weighted by Gasteiger charge is -2.21. The van der Waals surface area contributed by atoms with Gasteiger partial charge in [0.2, 0.25) is 0 Å². The van der Waals surface area contributed by atoms with Crippen LogP contribution in [0.2, 0.25) is 0 Å². The molecule has 0 aliphatic rings. The molecule has 0 radical (unpaired) electrons. The Bertz CT molecular complexity index is 617. The molecule has 0 aromatic heterocycles. The van der Waals surface area contributed by atoms with E-state index in [4.69, 9.17) is 10.5 Å². The van der Waals surface area contributed by atoms with Gasteiger partial charge in [-0.25, -0.2) is 0 Å². The van der Waals surface area contributed by atoms with Gasteiger partial charge in [0.25, 0.3) is 0 Å². The van der Waals surface area contributed by atoms with E-state index in [0.717, 1.165) is 47.3 Å². The first-order valence-electron chi connectivity index (χ1n) is 8.74. The molecule has 0 fully saturated rings. The molecule has 3 heteroatoms. The Kier molecular flexibility index (Phi) is 6.83. The summed E-state index contributed by atoms with van der Waals surface area (Å²) in [5.74, 6) is 0.901. The third-order valence-corrected chi connectivity index (χ3v) is 4.36. The fourth-order valence-electron chi connectivity index (χ4n) is 2.95. The van der Waals surface area contributed by atoms with Gasteiger partial charge in [-0.1, -0.05) is 62.2 Å². The van der Waals surface area contributed by atoms with Crippen molar-refractivity contribution in [1.29, 1.82) is 0 Å². The van der Waals surface area contributed by atoms with Crippen LogP contribution in [0, 0.1) is 13.8 Å². The number of aryl methyl sites for hydroxylation is 2. The summed E-state index contributed by atoms with van der Waals surface area (Å²) >= 11 is 0. The number of unbranched alkanes of at least 4 members (excludes halogenated alkanes) is 1. The van der Waals surface area contributed by atoms with Crippen molar-refractivity contribution in [3.63, 3.8) is 0 Å². The fourth-order valence-corrected chi connectivity index (χ4v) is 2.95. The monoisotopic (exact) mass is 327 g/mol. The third kappa shape index (κ3) is 4.83. The lowest BCUT2D eigenvalue weighted by molar-refractivity contribution is 0.132. The number of hydrogen-bond acceptors (Lipinski definition) is 3. The van der Waals surface area contributed by atoms with E-state index in [1.165, 1.54) is 0 Å².